The second-order valence-electron chi connectivity index (χ2n) is 22.2. The first-order valence-electron chi connectivity index (χ1n) is 25.4. The monoisotopic (exact) mass is 934 g/mol. The molecule has 0 saturated heterocycles. The van der Waals surface area contributed by atoms with Gasteiger partial charge in [-0.3, -0.25) is 9.80 Å². The van der Waals surface area contributed by atoms with Gasteiger partial charge in [-0.15, -0.1) is 0 Å². The number of nitrogens with zero attached hydrogens (tertiary/aromatic N) is 3. The summed E-state index contributed by atoms with van der Waals surface area (Å²) in [6.45, 7) is 18.7. The number of rotatable bonds is 6. The molecule has 0 saturated carbocycles. The Kier molecular flexibility index (Phi) is 9.70. The summed E-state index contributed by atoms with van der Waals surface area (Å²) in [5.74, 6) is 1.87. The third-order valence-corrected chi connectivity index (χ3v) is 15.6. The lowest BCUT2D eigenvalue weighted by atomic mass is 9.70. The van der Waals surface area contributed by atoms with E-state index in [0.717, 1.165) is 79.4 Å². The molecule has 3 aliphatic rings. The third kappa shape index (κ3) is 6.49. The Morgan fingerprint density at radius 2 is 1.08 bits per heavy atom. The van der Waals surface area contributed by atoms with E-state index in [0.29, 0.717) is 0 Å². The molecule has 0 amide bonds. The quantitative estimate of drug-likeness (QED) is 0.180. The fourth-order valence-corrected chi connectivity index (χ4v) is 12.0. The first-order valence-corrected chi connectivity index (χ1v) is 25.4. The molecule has 5 heteroatoms. The van der Waals surface area contributed by atoms with Gasteiger partial charge in [0.25, 0.3) is 0 Å². The highest BCUT2D eigenvalue weighted by Gasteiger charge is 2.54. The summed E-state index contributed by atoms with van der Waals surface area (Å²) < 4.78 is 7.43. The van der Waals surface area contributed by atoms with E-state index in [1.807, 2.05) is 6.20 Å². The molecule has 1 N–H and O–H groups in total. The first-order chi connectivity index (χ1) is 34.8. The minimum atomic E-state index is -0.742. The van der Waals surface area contributed by atoms with Crippen molar-refractivity contribution in [3.63, 3.8) is 0 Å². The number of furan rings is 1. The van der Waals surface area contributed by atoms with Gasteiger partial charge in [0.1, 0.15) is 22.8 Å². The van der Waals surface area contributed by atoms with Gasteiger partial charge in [-0.05, 0) is 140 Å². The number of aromatic nitrogens is 1. The van der Waals surface area contributed by atoms with E-state index in [1.54, 1.807) is 0 Å². The summed E-state index contributed by atoms with van der Waals surface area (Å²) >= 11 is 0. The Bertz CT molecular complexity index is 3850. The molecule has 8 aromatic carbocycles. The van der Waals surface area contributed by atoms with Gasteiger partial charge in [-0.1, -0.05) is 175 Å². The molecule has 0 unspecified atom stereocenters. The van der Waals surface area contributed by atoms with E-state index in [9.17, 15) is 0 Å². The number of nitrogens with one attached hydrogen (secondary N) is 1. The van der Waals surface area contributed by atoms with Gasteiger partial charge in [0, 0.05) is 40.5 Å². The van der Waals surface area contributed by atoms with E-state index in [4.69, 9.17) is 9.40 Å². The van der Waals surface area contributed by atoms with Crippen molar-refractivity contribution < 1.29 is 4.42 Å². The van der Waals surface area contributed by atoms with E-state index in [1.165, 1.54) is 61.0 Å². The number of aryl methyl sites for hydroxylation is 1. The lowest BCUT2D eigenvalue weighted by molar-refractivity contribution is 0.590. The smallest absolute Gasteiger partial charge is 0.145 e. The van der Waals surface area contributed by atoms with Crippen molar-refractivity contribution in [3.8, 4) is 22.3 Å². The number of hydrogen-bond donors (Lipinski definition) is 1. The summed E-state index contributed by atoms with van der Waals surface area (Å²) in [6.07, 6.45) is 6.48. The molecular formula is C67H58N4O. The number of allylic oxidation sites excluding steroid dienone is 2. The van der Waals surface area contributed by atoms with Crippen molar-refractivity contribution in [1.29, 1.82) is 0 Å². The minimum absolute atomic E-state index is 0.00899. The van der Waals surface area contributed by atoms with Gasteiger partial charge < -0.3 is 9.73 Å². The Hall–Kier alpha value is -8.15. The maximum absolute atomic E-state index is 7.43. The Balaban J connectivity index is 1.19. The molecule has 3 heterocycles. The summed E-state index contributed by atoms with van der Waals surface area (Å²) in [4.78, 5) is 10.0. The van der Waals surface area contributed by atoms with Crippen LogP contribution in [0.3, 0.4) is 0 Å². The molecule has 13 rings (SSSR count). The number of fused-ring (bicyclic) bond motifs is 16. The topological polar surface area (TPSA) is 44.5 Å². The van der Waals surface area contributed by atoms with Crippen LogP contribution in [0.2, 0.25) is 0 Å². The normalized spacial score (nSPS) is 14.4. The van der Waals surface area contributed by atoms with Crippen LogP contribution >= 0.6 is 0 Å². The lowest BCUT2D eigenvalue weighted by Crippen LogP contribution is -2.32. The van der Waals surface area contributed by atoms with Crippen LogP contribution in [0.4, 0.5) is 28.6 Å². The fraction of sp³-hybridized carbons (Fsp3) is 0.179. The Labute approximate surface area is 422 Å². The predicted molar refractivity (Wildman–Crippen MR) is 301 cm³/mol. The molecule has 2 aromatic heterocycles. The molecule has 1 aliphatic heterocycles. The maximum Gasteiger partial charge on any atom is 0.145 e. The molecular weight excluding hydrogens is 877 g/mol. The van der Waals surface area contributed by atoms with Crippen LogP contribution in [0.25, 0.3) is 55.0 Å². The number of dihydropyridines is 1. The van der Waals surface area contributed by atoms with Crippen molar-refractivity contribution >= 4 is 61.3 Å². The highest BCUT2D eigenvalue weighted by atomic mass is 16.3. The van der Waals surface area contributed by atoms with Crippen LogP contribution in [0.15, 0.2) is 204 Å². The predicted octanol–water partition coefficient (Wildman–Crippen LogP) is 17.4. The van der Waals surface area contributed by atoms with Gasteiger partial charge in [0.05, 0.1) is 22.2 Å². The van der Waals surface area contributed by atoms with Crippen molar-refractivity contribution in [2.45, 2.75) is 71.6 Å². The molecule has 5 nitrogen and oxygen atoms in total. The van der Waals surface area contributed by atoms with Crippen molar-refractivity contribution in [2.75, 3.05) is 16.3 Å². The van der Waals surface area contributed by atoms with Gasteiger partial charge >= 0.3 is 0 Å². The molecule has 352 valence electrons. The molecule has 2 aliphatic carbocycles. The zero-order valence-electron chi connectivity index (χ0n) is 42.4. The van der Waals surface area contributed by atoms with Gasteiger partial charge in [-0.2, -0.15) is 0 Å². The Morgan fingerprint density at radius 1 is 0.528 bits per heavy atom. The van der Waals surface area contributed by atoms with E-state index >= 15 is 0 Å². The summed E-state index contributed by atoms with van der Waals surface area (Å²) in [7, 11) is 0. The molecule has 0 atom stereocenters. The molecule has 72 heavy (non-hydrogen) atoms. The largest absolute Gasteiger partial charge is 0.455 e. The fourth-order valence-electron chi connectivity index (χ4n) is 12.0. The van der Waals surface area contributed by atoms with Gasteiger partial charge in [0.2, 0.25) is 0 Å². The average Bonchev–Trinajstić information content (AvgIpc) is 4.02. The summed E-state index contributed by atoms with van der Waals surface area (Å²) in [6, 6.07) is 63.4. The van der Waals surface area contributed by atoms with Crippen LogP contribution in [0.5, 0.6) is 0 Å². The molecule has 0 fully saturated rings. The van der Waals surface area contributed by atoms with Gasteiger partial charge in [-0.25, -0.2) is 4.98 Å². The zero-order valence-corrected chi connectivity index (χ0v) is 42.4. The minimum Gasteiger partial charge on any atom is -0.455 e. The molecule has 10 aromatic rings. The molecule has 1 spiro atoms. The lowest BCUT2D eigenvalue weighted by Gasteiger charge is -2.35. The summed E-state index contributed by atoms with van der Waals surface area (Å²) in [5, 5.41) is 8.30. The number of pyridine rings is 1. The van der Waals surface area contributed by atoms with Crippen molar-refractivity contribution in [1.82, 2.24) is 10.3 Å². The second kappa shape index (κ2) is 15.9. The van der Waals surface area contributed by atoms with Crippen LogP contribution in [-0.4, -0.2) is 11.5 Å². The Morgan fingerprint density at radius 3 is 1.68 bits per heavy atom. The van der Waals surface area contributed by atoms with Crippen LogP contribution in [-0.2, 0) is 16.2 Å². The van der Waals surface area contributed by atoms with E-state index in [2.05, 4.69) is 253 Å². The zero-order chi connectivity index (χ0) is 49.3. The second-order valence-corrected chi connectivity index (χ2v) is 22.2. The van der Waals surface area contributed by atoms with Crippen molar-refractivity contribution in [3.05, 3.63) is 239 Å². The van der Waals surface area contributed by atoms with E-state index in [-0.39, 0.29) is 10.8 Å². The SMILES string of the molecule is CC1=CC=C(N(c2ccc(C(C)(C)C)cc2)c2cc3c(c4ccccc24)-c2c(cc(N(c4ccc(C(C)(C)C)cc4)c4ccc(C)cn4)c4c2oc2ccccc24)C32c3ccccc3-c3ccccc32)NC1. The van der Waals surface area contributed by atoms with Gasteiger partial charge in [0.15, 0.2) is 0 Å². The number of para-hydroxylation sites is 1. The number of benzene rings is 8. The van der Waals surface area contributed by atoms with E-state index < -0.39 is 5.41 Å². The highest BCUT2D eigenvalue weighted by molar-refractivity contribution is 6.23. The average molecular weight is 935 g/mol. The van der Waals surface area contributed by atoms with Crippen LogP contribution in [0.1, 0.15) is 87.4 Å². The standard InChI is InChI=1S/C67H58N4O/c1-41-25-35-59(68-39-41)70(45-31-27-43(28-32-45)65(3,4)5)56-37-54-61(50-20-10-9-19-49(50)56)63-55(67(54)52-22-14-11-17-47(52)48-18-12-15-23-53(48)67)38-57(62-51-21-13-16-24-58(51)72-64(62)63)71(60-36-26-42(2)40-69-60)46-33-29-44(30-34-46)66(6,7)8/h9-38,40,68H,39H2,1-8H3. The first kappa shape index (κ1) is 43.8. The third-order valence-electron chi connectivity index (χ3n) is 15.6. The highest BCUT2D eigenvalue weighted by Crippen LogP contribution is 2.67. The van der Waals surface area contributed by atoms with Crippen molar-refractivity contribution in [2.24, 2.45) is 0 Å². The number of hydrogen-bond acceptors (Lipinski definition) is 5. The maximum atomic E-state index is 7.43. The molecule has 0 bridgehead atoms. The molecule has 0 radical (unpaired) electrons. The van der Waals surface area contributed by atoms with Crippen LogP contribution in [0, 0.1) is 6.92 Å². The van der Waals surface area contributed by atoms with Crippen LogP contribution < -0.4 is 15.1 Å². The summed E-state index contributed by atoms with van der Waals surface area (Å²) in [5.41, 5.74) is 20.0. The number of anilines is 5.